The molecule has 1 saturated heterocycles. The number of aromatic hydroxyl groups is 1. The molecule has 1 aromatic heterocycles. The van der Waals surface area contributed by atoms with Crippen LogP contribution >= 0.6 is 11.6 Å². The number of likely N-dealkylation sites (N-methyl/N-ethyl adjacent to an activating group) is 1. The summed E-state index contributed by atoms with van der Waals surface area (Å²) in [5.41, 5.74) is 1.09. The summed E-state index contributed by atoms with van der Waals surface area (Å²) in [5, 5.41) is 10.7. The summed E-state index contributed by atoms with van der Waals surface area (Å²) in [6, 6.07) is 9.82. The van der Waals surface area contributed by atoms with E-state index in [4.69, 9.17) is 11.6 Å². The highest BCUT2D eigenvalue weighted by Gasteiger charge is 2.22. The average molecular weight is 373 g/mol. The zero-order valence-electron chi connectivity index (χ0n) is 14.3. The van der Waals surface area contributed by atoms with Crippen molar-refractivity contribution in [2.75, 3.05) is 38.1 Å². The van der Waals surface area contributed by atoms with E-state index in [1.807, 2.05) is 6.07 Å². The largest absolute Gasteiger partial charge is 0.507 e. The number of para-hydroxylation sites is 1. The van der Waals surface area contributed by atoms with Gasteiger partial charge >= 0.3 is 0 Å². The van der Waals surface area contributed by atoms with Gasteiger partial charge < -0.3 is 14.9 Å². The predicted molar refractivity (Wildman–Crippen MR) is 101 cm³/mol. The molecule has 1 N–H and O–H groups in total. The SMILES string of the molecule is CN1CCN(c2nc(-c3ccccc3O)nc3ccc(F)c(Cl)c23)CC1. The Hall–Kier alpha value is -2.44. The molecule has 0 amide bonds. The molecule has 2 heterocycles. The minimum atomic E-state index is -0.492. The van der Waals surface area contributed by atoms with Gasteiger partial charge in [-0.05, 0) is 31.3 Å². The van der Waals surface area contributed by atoms with Crippen molar-refractivity contribution in [2.24, 2.45) is 0 Å². The monoisotopic (exact) mass is 372 g/mol. The summed E-state index contributed by atoms with van der Waals surface area (Å²) in [4.78, 5) is 13.5. The molecule has 4 rings (SSSR count). The van der Waals surface area contributed by atoms with Crippen molar-refractivity contribution in [2.45, 2.75) is 0 Å². The Bertz CT molecular complexity index is 973. The Balaban J connectivity index is 1.94. The van der Waals surface area contributed by atoms with Crippen molar-refractivity contribution in [3.05, 3.63) is 47.2 Å². The van der Waals surface area contributed by atoms with E-state index >= 15 is 0 Å². The average Bonchev–Trinajstić information content (AvgIpc) is 2.65. The van der Waals surface area contributed by atoms with Gasteiger partial charge in [-0.3, -0.25) is 0 Å². The fourth-order valence-electron chi connectivity index (χ4n) is 3.17. The molecular formula is C19H18ClFN4O. The molecule has 0 unspecified atom stereocenters. The van der Waals surface area contributed by atoms with Gasteiger partial charge in [0.2, 0.25) is 0 Å². The van der Waals surface area contributed by atoms with Crippen molar-refractivity contribution in [1.29, 1.82) is 0 Å². The smallest absolute Gasteiger partial charge is 0.165 e. The van der Waals surface area contributed by atoms with Crippen LogP contribution in [0.3, 0.4) is 0 Å². The van der Waals surface area contributed by atoms with Gasteiger partial charge in [0.1, 0.15) is 17.4 Å². The number of anilines is 1. The number of benzene rings is 2. The van der Waals surface area contributed by atoms with Gasteiger partial charge in [-0.15, -0.1) is 0 Å². The number of hydrogen-bond donors (Lipinski definition) is 1. The number of aromatic nitrogens is 2. The van der Waals surface area contributed by atoms with E-state index in [0.717, 1.165) is 26.2 Å². The van der Waals surface area contributed by atoms with Crippen molar-refractivity contribution in [1.82, 2.24) is 14.9 Å². The number of piperazine rings is 1. The second-order valence-electron chi connectivity index (χ2n) is 6.43. The summed E-state index contributed by atoms with van der Waals surface area (Å²) >= 11 is 6.27. The molecule has 0 bridgehead atoms. The van der Waals surface area contributed by atoms with Crippen LogP contribution in [0.5, 0.6) is 5.75 Å². The second-order valence-corrected chi connectivity index (χ2v) is 6.81. The molecule has 1 fully saturated rings. The normalized spacial score (nSPS) is 15.6. The Morgan fingerprint density at radius 1 is 1.04 bits per heavy atom. The van der Waals surface area contributed by atoms with E-state index in [1.165, 1.54) is 6.07 Å². The summed E-state index contributed by atoms with van der Waals surface area (Å²) in [5.74, 6) is 0.607. The highest BCUT2D eigenvalue weighted by atomic mass is 35.5. The predicted octanol–water partition coefficient (Wildman–Crippen LogP) is 3.55. The first-order valence-electron chi connectivity index (χ1n) is 8.42. The van der Waals surface area contributed by atoms with Gasteiger partial charge in [0, 0.05) is 26.2 Å². The van der Waals surface area contributed by atoms with Crippen LogP contribution in [0, 0.1) is 5.82 Å². The van der Waals surface area contributed by atoms with Crippen LogP contribution in [0.25, 0.3) is 22.3 Å². The zero-order chi connectivity index (χ0) is 18.3. The van der Waals surface area contributed by atoms with Gasteiger partial charge in [-0.1, -0.05) is 23.7 Å². The fraction of sp³-hybridized carbons (Fsp3) is 0.263. The van der Waals surface area contributed by atoms with E-state index in [0.29, 0.717) is 28.1 Å². The zero-order valence-corrected chi connectivity index (χ0v) is 15.0. The lowest BCUT2D eigenvalue weighted by molar-refractivity contribution is 0.312. The Morgan fingerprint density at radius 3 is 2.50 bits per heavy atom. The molecule has 1 aliphatic heterocycles. The Kier molecular flexibility index (Phi) is 4.38. The molecular weight excluding hydrogens is 355 g/mol. The van der Waals surface area contributed by atoms with E-state index in [-0.39, 0.29) is 10.8 Å². The maximum absolute atomic E-state index is 14.1. The van der Waals surface area contributed by atoms with Gasteiger partial charge in [-0.2, -0.15) is 0 Å². The fourth-order valence-corrected chi connectivity index (χ4v) is 3.42. The highest BCUT2D eigenvalue weighted by molar-refractivity contribution is 6.36. The number of rotatable bonds is 2. The molecule has 26 heavy (non-hydrogen) atoms. The van der Waals surface area contributed by atoms with Gasteiger partial charge in [-0.25, -0.2) is 14.4 Å². The van der Waals surface area contributed by atoms with Crippen LogP contribution in [0.4, 0.5) is 10.2 Å². The first-order valence-corrected chi connectivity index (χ1v) is 8.80. The Labute approximate surface area is 155 Å². The van der Waals surface area contributed by atoms with Crippen LogP contribution in [0.2, 0.25) is 5.02 Å². The van der Waals surface area contributed by atoms with Crippen LogP contribution < -0.4 is 4.90 Å². The second kappa shape index (κ2) is 6.70. The van der Waals surface area contributed by atoms with E-state index in [2.05, 4.69) is 26.8 Å². The number of phenols is 1. The highest BCUT2D eigenvalue weighted by Crippen LogP contribution is 2.36. The summed E-state index contributed by atoms with van der Waals surface area (Å²) in [7, 11) is 2.06. The lowest BCUT2D eigenvalue weighted by Crippen LogP contribution is -2.45. The summed E-state index contributed by atoms with van der Waals surface area (Å²) < 4.78 is 14.1. The molecule has 2 aromatic carbocycles. The van der Waals surface area contributed by atoms with Crippen LogP contribution in [0.1, 0.15) is 0 Å². The number of fused-ring (bicyclic) bond motifs is 1. The Morgan fingerprint density at radius 2 is 1.77 bits per heavy atom. The minimum absolute atomic E-state index is 0.0280. The van der Waals surface area contributed by atoms with Crippen LogP contribution in [-0.2, 0) is 0 Å². The lowest BCUT2D eigenvalue weighted by Gasteiger charge is -2.34. The van der Waals surface area contributed by atoms with Gasteiger partial charge in [0.05, 0.1) is 21.5 Å². The first kappa shape index (κ1) is 17.0. The number of hydrogen-bond acceptors (Lipinski definition) is 5. The standard InChI is InChI=1S/C19H18ClFN4O/c1-24-8-10-25(11-9-24)19-16-14(7-6-13(21)17(16)20)22-18(23-19)12-4-2-3-5-15(12)26/h2-7,26H,8-11H2,1H3. The molecule has 3 aromatic rings. The topological polar surface area (TPSA) is 52.5 Å². The summed E-state index contributed by atoms with van der Waals surface area (Å²) in [6.45, 7) is 3.28. The van der Waals surface area contributed by atoms with Gasteiger partial charge in [0.25, 0.3) is 0 Å². The third-order valence-electron chi connectivity index (χ3n) is 4.68. The maximum atomic E-state index is 14.1. The van der Waals surface area contributed by atoms with Crippen LogP contribution in [0.15, 0.2) is 36.4 Å². The van der Waals surface area contributed by atoms with Crippen LogP contribution in [-0.4, -0.2) is 53.2 Å². The molecule has 0 saturated carbocycles. The minimum Gasteiger partial charge on any atom is -0.507 e. The number of halogens is 2. The third-order valence-corrected chi connectivity index (χ3v) is 5.05. The van der Waals surface area contributed by atoms with E-state index < -0.39 is 5.82 Å². The molecule has 134 valence electrons. The molecule has 0 radical (unpaired) electrons. The third kappa shape index (κ3) is 2.95. The molecule has 0 aliphatic carbocycles. The van der Waals surface area contributed by atoms with E-state index in [9.17, 15) is 9.50 Å². The quantitative estimate of drug-likeness (QED) is 0.745. The first-order chi connectivity index (χ1) is 12.5. The molecule has 0 spiro atoms. The van der Waals surface area contributed by atoms with Gasteiger partial charge in [0.15, 0.2) is 5.82 Å². The number of nitrogens with zero attached hydrogens (tertiary/aromatic N) is 4. The number of phenolic OH excluding ortho intramolecular Hbond substituents is 1. The molecule has 5 nitrogen and oxygen atoms in total. The lowest BCUT2D eigenvalue weighted by atomic mass is 10.1. The molecule has 7 heteroatoms. The molecule has 0 atom stereocenters. The van der Waals surface area contributed by atoms with Crippen molar-refractivity contribution < 1.29 is 9.50 Å². The van der Waals surface area contributed by atoms with Crippen molar-refractivity contribution in [3.8, 4) is 17.1 Å². The molecule has 1 aliphatic rings. The summed E-state index contributed by atoms with van der Waals surface area (Å²) in [6.07, 6.45) is 0. The van der Waals surface area contributed by atoms with Crippen molar-refractivity contribution >= 4 is 28.3 Å². The van der Waals surface area contributed by atoms with E-state index in [1.54, 1.807) is 24.3 Å². The maximum Gasteiger partial charge on any atom is 0.165 e. The van der Waals surface area contributed by atoms with Crippen molar-refractivity contribution in [3.63, 3.8) is 0 Å².